The van der Waals surface area contributed by atoms with Crippen molar-refractivity contribution in [3.8, 4) is 12.3 Å². The van der Waals surface area contributed by atoms with Crippen LogP contribution in [0.3, 0.4) is 0 Å². The quantitative estimate of drug-likeness (QED) is 0.135. The van der Waals surface area contributed by atoms with Crippen molar-refractivity contribution in [3.05, 3.63) is 65.0 Å². The van der Waals surface area contributed by atoms with E-state index in [-0.39, 0.29) is 23.7 Å². The molecule has 0 bridgehead atoms. The summed E-state index contributed by atoms with van der Waals surface area (Å²) in [5, 5.41) is 6.15. The van der Waals surface area contributed by atoms with Crippen LogP contribution in [0.25, 0.3) is 0 Å². The molecule has 0 fully saturated rings. The minimum absolute atomic E-state index is 0.0795. The fourth-order valence-electron chi connectivity index (χ4n) is 2.52. The summed E-state index contributed by atoms with van der Waals surface area (Å²) in [6.45, 7) is 4.12. The normalized spacial score (nSPS) is 11.3. The Labute approximate surface area is 169 Å². The Bertz CT molecular complexity index is 881. The third-order valence-corrected chi connectivity index (χ3v) is 4.95. The van der Waals surface area contributed by atoms with Crippen molar-refractivity contribution >= 4 is 23.3 Å². The number of benzene rings is 1. The second kappa shape index (κ2) is 11.0. The van der Waals surface area contributed by atoms with Gasteiger partial charge in [0.2, 0.25) is 0 Å². The van der Waals surface area contributed by atoms with Crippen molar-refractivity contribution < 1.29 is 9.59 Å². The average molecular weight is 397 g/mol. The number of terminal acetylenes is 1. The van der Waals surface area contributed by atoms with E-state index in [0.717, 1.165) is 22.9 Å². The molecule has 0 spiro atoms. The van der Waals surface area contributed by atoms with E-state index < -0.39 is 0 Å². The third kappa shape index (κ3) is 6.03. The second-order valence-corrected chi connectivity index (χ2v) is 7.11. The fourth-order valence-corrected chi connectivity index (χ4v) is 3.41. The van der Waals surface area contributed by atoms with Crippen molar-refractivity contribution in [1.29, 1.82) is 0 Å². The Morgan fingerprint density at radius 2 is 2.00 bits per heavy atom. The van der Waals surface area contributed by atoms with Gasteiger partial charge in [-0.15, -0.1) is 6.42 Å². The first-order valence-electron chi connectivity index (χ1n) is 8.87. The molecule has 0 aliphatic rings. The Morgan fingerprint density at radius 1 is 1.25 bits per heavy atom. The SMILES string of the molecule is C#CCN/C(NCCSCc1[nH]cnc1C)=C(\C(C)=O)C(=O)c1ccccc1. The highest BCUT2D eigenvalue weighted by atomic mass is 32.2. The van der Waals surface area contributed by atoms with Crippen LogP contribution in [-0.2, 0) is 10.5 Å². The highest BCUT2D eigenvalue weighted by Gasteiger charge is 2.21. The van der Waals surface area contributed by atoms with Crippen LogP contribution in [0.5, 0.6) is 0 Å². The zero-order valence-corrected chi connectivity index (χ0v) is 16.9. The number of hydrogen-bond acceptors (Lipinski definition) is 6. The first kappa shape index (κ1) is 21.3. The summed E-state index contributed by atoms with van der Waals surface area (Å²) in [6.07, 6.45) is 7.02. The Kier molecular flexibility index (Phi) is 8.37. The number of thioether (sulfide) groups is 1. The summed E-state index contributed by atoms with van der Waals surface area (Å²) in [7, 11) is 0. The molecule has 0 aliphatic carbocycles. The van der Waals surface area contributed by atoms with E-state index in [4.69, 9.17) is 6.42 Å². The van der Waals surface area contributed by atoms with Crippen LogP contribution in [0.1, 0.15) is 28.7 Å². The Balaban J connectivity index is 2.07. The molecule has 28 heavy (non-hydrogen) atoms. The number of aryl methyl sites for hydroxylation is 1. The molecule has 0 atom stereocenters. The maximum Gasteiger partial charge on any atom is 0.200 e. The number of ketones is 2. The van der Waals surface area contributed by atoms with Gasteiger partial charge in [0.1, 0.15) is 11.4 Å². The number of allylic oxidation sites excluding steroid dienone is 1. The van der Waals surface area contributed by atoms with Crippen molar-refractivity contribution in [3.63, 3.8) is 0 Å². The van der Waals surface area contributed by atoms with Gasteiger partial charge in [-0.05, 0) is 13.8 Å². The lowest BCUT2D eigenvalue weighted by molar-refractivity contribution is -0.113. The molecule has 0 amide bonds. The van der Waals surface area contributed by atoms with E-state index in [1.165, 1.54) is 6.92 Å². The van der Waals surface area contributed by atoms with Crippen molar-refractivity contribution in [2.45, 2.75) is 19.6 Å². The van der Waals surface area contributed by atoms with Gasteiger partial charge in [0, 0.05) is 29.3 Å². The molecule has 146 valence electrons. The maximum absolute atomic E-state index is 12.8. The summed E-state index contributed by atoms with van der Waals surface area (Å²) in [6, 6.07) is 8.73. The van der Waals surface area contributed by atoms with E-state index >= 15 is 0 Å². The predicted molar refractivity (Wildman–Crippen MR) is 113 cm³/mol. The number of imidazole rings is 1. The molecule has 2 aromatic rings. The number of hydrogen-bond donors (Lipinski definition) is 3. The van der Waals surface area contributed by atoms with E-state index in [0.29, 0.717) is 17.9 Å². The van der Waals surface area contributed by atoms with Crippen molar-refractivity contribution in [2.24, 2.45) is 0 Å². The molecule has 0 unspecified atom stereocenters. The van der Waals surface area contributed by atoms with Crippen molar-refractivity contribution in [1.82, 2.24) is 20.6 Å². The van der Waals surface area contributed by atoms with Crippen LogP contribution in [0.2, 0.25) is 0 Å². The molecule has 1 aromatic heterocycles. The van der Waals surface area contributed by atoms with Gasteiger partial charge in [-0.25, -0.2) is 4.98 Å². The summed E-state index contributed by atoms with van der Waals surface area (Å²) >= 11 is 1.72. The number of H-pyrrole nitrogens is 1. The molecular weight excluding hydrogens is 372 g/mol. The molecule has 2 rings (SSSR count). The zero-order valence-electron chi connectivity index (χ0n) is 16.0. The largest absolute Gasteiger partial charge is 0.370 e. The molecule has 0 radical (unpaired) electrons. The standard InChI is InChI=1S/C21H24N4O2S/c1-4-10-22-21(23-11-12-28-13-18-15(2)24-14-25-18)19(16(3)26)20(27)17-8-6-5-7-9-17/h1,5-9,14,22-23H,10-13H2,2-3H3,(H,24,25)/b21-19-. The van der Waals surface area contributed by atoms with Gasteiger partial charge in [0.05, 0.1) is 18.6 Å². The van der Waals surface area contributed by atoms with Gasteiger partial charge in [-0.1, -0.05) is 36.3 Å². The molecule has 3 N–H and O–H groups in total. The van der Waals surface area contributed by atoms with Gasteiger partial charge in [0.15, 0.2) is 11.6 Å². The topological polar surface area (TPSA) is 86.9 Å². The molecule has 0 aliphatic heterocycles. The number of Topliss-reactive ketones (excluding diaryl/α,β-unsaturated/α-hetero) is 2. The number of carbonyl (C=O) groups excluding carboxylic acids is 2. The Hall–Kier alpha value is -2.98. The van der Waals surface area contributed by atoms with Gasteiger partial charge in [0.25, 0.3) is 0 Å². The van der Waals surface area contributed by atoms with Crippen LogP contribution in [0.4, 0.5) is 0 Å². The monoisotopic (exact) mass is 396 g/mol. The molecular formula is C21H24N4O2S. The van der Waals surface area contributed by atoms with Crippen LogP contribution in [0, 0.1) is 19.3 Å². The molecule has 1 aromatic carbocycles. The van der Waals surface area contributed by atoms with Crippen LogP contribution in [-0.4, -0.2) is 40.4 Å². The van der Waals surface area contributed by atoms with Gasteiger partial charge in [-0.2, -0.15) is 11.8 Å². The number of rotatable bonds is 11. The highest BCUT2D eigenvalue weighted by Crippen LogP contribution is 2.14. The van der Waals surface area contributed by atoms with Crippen LogP contribution < -0.4 is 10.6 Å². The lowest BCUT2D eigenvalue weighted by Crippen LogP contribution is -2.33. The number of nitrogens with one attached hydrogen (secondary N) is 3. The summed E-state index contributed by atoms with van der Waals surface area (Å²) < 4.78 is 0. The van der Waals surface area contributed by atoms with Crippen LogP contribution >= 0.6 is 11.8 Å². The molecule has 7 heteroatoms. The summed E-state index contributed by atoms with van der Waals surface area (Å²) in [4.78, 5) is 32.4. The average Bonchev–Trinajstić information content (AvgIpc) is 3.10. The lowest BCUT2D eigenvalue weighted by Gasteiger charge is -2.16. The van der Waals surface area contributed by atoms with E-state index in [1.807, 2.05) is 13.0 Å². The third-order valence-electron chi connectivity index (χ3n) is 3.96. The molecule has 1 heterocycles. The van der Waals surface area contributed by atoms with Gasteiger partial charge >= 0.3 is 0 Å². The number of carbonyl (C=O) groups is 2. The smallest absolute Gasteiger partial charge is 0.200 e. The number of aromatic nitrogens is 2. The number of nitrogens with zero attached hydrogens (tertiary/aromatic N) is 1. The van der Waals surface area contributed by atoms with Gasteiger partial charge < -0.3 is 15.6 Å². The lowest BCUT2D eigenvalue weighted by atomic mass is 10.0. The molecule has 0 saturated carbocycles. The minimum Gasteiger partial charge on any atom is -0.370 e. The first-order chi connectivity index (χ1) is 13.5. The molecule has 6 nitrogen and oxygen atoms in total. The first-order valence-corrected chi connectivity index (χ1v) is 10.0. The van der Waals surface area contributed by atoms with E-state index in [1.54, 1.807) is 42.4 Å². The zero-order chi connectivity index (χ0) is 20.4. The van der Waals surface area contributed by atoms with Crippen LogP contribution in [0.15, 0.2) is 48.1 Å². The van der Waals surface area contributed by atoms with E-state index in [2.05, 4.69) is 26.5 Å². The van der Waals surface area contributed by atoms with Gasteiger partial charge in [-0.3, -0.25) is 9.59 Å². The highest BCUT2D eigenvalue weighted by molar-refractivity contribution is 7.98. The minimum atomic E-state index is -0.333. The Morgan fingerprint density at radius 3 is 2.61 bits per heavy atom. The summed E-state index contributed by atoms with van der Waals surface area (Å²) in [5.41, 5.74) is 2.62. The number of aromatic amines is 1. The van der Waals surface area contributed by atoms with E-state index in [9.17, 15) is 9.59 Å². The summed E-state index contributed by atoms with van der Waals surface area (Å²) in [5.74, 6) is 3.79. The second-order valence-electron chi connectivity index (χ2n) is 6.00. The fraction of sp³-hybridized carbons (Fsp3) is 0.286. The van der Waals surface area contributed by atoms with Crippen molar-refractivity contribution in [2.75, 3.05) is 18.8 Å². The molecule has 0 saturated heterocycles. The maximum atomic E-state index is 12.8. The predicted octanol–water partition coefficient (Wildman–Crippen LogP) is 2.45.